The second kappa shape index (κ2) is 5.29. The fraction of sp³-hybridized carbons (Fsp3) is 0.833. The van der Waals surface area contributed by atoms with Crippen LogP contribution in [0.4, 0.5) is 0 Å². The predicted octanol–water partition coefficient (Wildman–Crippen LogP) is 2.77. The van der Waals surface area contributed by atoms with Crippen molar-refractivity contribution in [3.63, 3.8) is 0 Å². The van der Waals surface area contributed by atoms with Crippen LogP contribution in [-0.4, -0.2) is 25.0 Å². The molecule has 0 amide bonds. The van der Waals surface area contributed by atoms with Gasteiger partial charge in [-0.25, -0.2) is 0 Å². The van der Waals surface area contributed by atoms with Crippen molar-refractivity contribution in [1.29, 1.82) is 0 Å². The van der Waals surface area contributed by atoms with Gasteiger partial charge in [-0.1, -0.05) is 39.5 Å². The zero-order valence-electron chi connectivity index (χ0n) is 9.72. The van der Waals surface area contributed by atoms with Crippen molar-refractivity contribution in [2.24, 2.45) is 5.41 Å². The molecule has 0 unspecified atom stereocenters. The van der Waals surface area contributed by atoms with Gasteiger partial charge in [-0.15, -0.1) is 6.42 Å². The van der Waals surface area contributed by atoms with Crippen molar-refractivity contribution in [1.82, 2.24) is 4.90 Å². The van der Waals surface area contributed by atoms with Crippen LogP contribution >= 0.6 is 0 Å². The van der Waals surface area contributed by atoms with Gasteiger partial charge < -0.3 is 0 Å². The molecule has 0 aliphatic carbocycles. The summed E-state index contributed by atoms with van der Waals surface area (Å²) in [5, 5.41) is 0. The lowest BCUT2D eigenvalue weighted by atomic mass is 9.79. The van der Waals surface area contributed by atoms with Gasteiger partial charge in [0.25, 0.3) is 0 Å². The molecule has 0 aromatic rings. The maximum absolute atomic E-state index is 5.54. The Kier molecular flexibility index (Phi) is 5.10. The van der Waals surface area contributed by atoms with E-state index < -0.39 is 0 Å². The highest BCUT2D eigenvalue weighted by molar-refractivity contribution is 5.05. The van der Waals surface area contributed by atoms with Crippen LogP contribution < -0.4 is 0 Å². The van der Waals surface area contributed by atoms with Crippen LogP contribution in [0.3, 0.4) is 0 Å². The van der Waals surface area contributed by atoms with E-state index in [2.05, 4.69) is 45.7 Å². The Hall–Kier alpha value is -0.480. The van der Waals surface area contributed by atoms with Crippen LogP contribution in [0.5, 0.6) is 0 Å². The first kappa shape index (κ1) is 12.5. The van der Waals surface area contributed by atoms with E-state index >= 15 is 0 Å². The molecular weight excluding hydrogens is 158 g/mol. The highest BCUT2D eigenvalue weighted by Gasteiger charge is 2.28. The molecule has 13 heavy (non-hydrogen) atoms. The van der Waals surface area contributed by atoms with Gasteiger partial charge in [0.1, 0.15) is 0 Å². The topological polar surface area (TPSA) is 3.24 Å². The second-order valence-electron chi connectivity index (χ2n) is 4.62. The van der Waals surface area contributed by atoms with E-state index in [0.717, 1.165) is 0 Å². The molecule has 0 bridgehead atoms. The lowest BCUT2D eigenvalue weighted by molar-refractivity contribution is 0.168. The van der Waals surface area contributed by atoms with Crippen LogP contribution in [0.2, 0.25) is 0 Å². The molecule has 0 saturated heterocycles. The maximum atomic E-state index is 5.54. The van der Waals surface area contributed by atoms with E-state index in [4.69, 9.17) is 6.42 Å². The summed E-state index contributed by atoms with van der Waals surface area (Å²) in [6.07, 6.45) is 9.25. The quantitative estimate of drug-likeness (QED) is 0.589. The van der Waals surface area contributed by atoms with Gasteiger partial charge in [-0.2, -0.15) is 0 Å². The Balaban J connectivity index is 4.31. The average molecular weight is 181 g/mol. The molecule has 0 aromatic heterocycles. The van der Waals surface area contributed by atoms with Crippen molar-refractivity contribution < 1.29 is 0 Å². The normalized spacial score (nSPS) is 14.2. The highest BCUT2D eigenvalue weighted by atomic mass is 15.1. The zero-order valence-corrected chi connectivity index (χ0v) is 9.72. The molecule has 0 N–H and O–H groups in total. The van der Waals surface area contributed by atoms with Gasteiger partial charge in [-0.3, -0.25) is 4.90 Å². The van der Waals surface area contributed by atoms with Gasteiger partial charge in [0.15, 0.2) is 0 Å². The molecule has 0 aliphatic rings. The third kappa shape index (κ3) is 3.83. The van der Waals surface area contributed by atoms with E-state index in [1.165, 1.54) is 19.3 Å². The minimum absolute atomic E-state index is 0.230. The lowest BCUT2D eigenvalue weighted by Gasteiger charge is -2.35. The molecule has 0 rings (SSSR count). The van der Waals surface area contributed by atoms with Crippen LogP contribution in [0.1, 0.15) is 40.0 Å². The molecule has 0 spiro atoms. The Morgan fingerprint density at radius 3 is 2.23 bits per heavy atom. The molecule has 1 atom stereocenters. The van der Waals surface area contributed by atoms with Crippen molar-refractivity contribution in [2.45, 2.75) is 46.1 Å². The molecule has 0 heterocycles. The summed E-state index contributed by atoms with van der Waals surface area (Å²) in [5.74, 6) is 2.88. The molecule has 1 heteroatoms. The summed E-state index contributed by atoms with van der Waals surface area (Å²) in [5.41, 5.74) is 0.230. The number of terminal acetylenes is 1. The Morgan fingerprint density at radius 2 is 1.92 bits per heavy atom. The first-order valence-electron chi connectivity index (χ1n) is 5.08. The van der Waals surface area contributed by atoms with E-state index in [1.807, 2.05) is 0 Å². The smallest absolute Gasteiger partial charge is 0.0758 e. The molecule has 1 nitrogen and oxygen atoms in total. The Morgan fingerprint density at radius 1 is 1.38 bits per heavy atom. The third-order valence-corrected chi connectivity index (χ3v) is 2.59. The van der Waals surface area contributed by atoms with Gasteiger partial charge in [0.2, 0.25) is 0 Å². The Labute approximate surface area is 83.5 Å². The van der Waals surface area contributed by atoms with Crippen molar-refractivity contribution in [3.8, 4) is 12.3 Å². The third-order valence-electron chi connectivity index (χ3n) is 2.59. The summed E-state index contributed by atoms with van der Waals surface area (Å²) in [6, 6.07) is 0.249. The van der Waals surface area contributed by atoms with Gasteiger partial charge in [0.05, 0.1) is 6.04 Å². The first-order valence-corrected chi connectivity index (χ1v) is 5.08. The van der Waals surface area contributed by atoms with Gasteiger partial charge in [-0.05, 0) is 25.9 Å². The summed E-state index contributed by atoms with van der Waals surface area (Å²) in [6.45, 7) is 6.73. The monoisotopic (exact) mass is 181 g/mol. The largest absolute Gasteiger partial charge is 0.296 e. The van der Waals surface area contributed by atoms with E-state index in [0.29, 0.717) is 0 Å². The fourth-order valence-electron chi connectivity index (χ4n) is 1.84. The molecule has 0 saturated carbocycles. The van der Waals surface area contributed by atoms with Gasteiger partial charge in [0, 0.05) is 0 Å². The standard InChI is InChI=1S/C12H23N/c1-7-9-10-12(3,4)11(8-2)13(5)6/h2,11H,7,9-10H2,1,3-6H3/t11-/m0/s1. The number of rotatable bonds is 5. The van der Waals surface area contributed by atoms with E-state index in [-0.39, 0.29) is 11.5 Å². The van der Waals surface area contributed by atoms with Crippen LogP contribution in [-0.2, 0) is 0 Å². The summed E-state index contributed by atoms with van der Waals surface area (Å²) in [4.78, 5) is 2.13. The minimum atomic E-state index is 0.230. The zero-order chi connectivity index (χ0) is 10.5. The van der Waals surface area contributed by atoms with Crippen molar-refractivity contribution in [3.05, 3.63) is 0 Å². The van der Waals surface area contributed by atoms with E-state index in [9.17, 15) is 0 Å². The molecule has 0 aliphatic heterocycles. The van der Waals surface area contributed by atoms with Crippen LogP contribution in [0, 0.1) is 17.8 Å². The van der Waals surface area contributed by atoms with Gasteiger partial charge >= 0.3 is 0 Å². The summed E-state index contributed by atoms with van der Waals surface area (Å²) < 4.78 is 0. The molecule has 76 valence electrons. The number of hydrogen-bond donors (Lipinski definition) is 0. The Bertz CT molecular complexity index is 174. The predicted molar refractivity (Wildman–Crippen MR) is 59.6 cm³/mol. The van der Waals surface area contributed by atoms with Crippen LogP contribution in [0.15, 0.2) is 0 Å². The number of unbranched alkanes of at least 4 members (excludes halogenated alkanes) is 1. The average Bonchev–Trinajstić information content (AvgIpc) is 2.01. The molecular formula is C12H23N. The summed E-state index contributed by atoms with van der Waals surface area (Å²) >= 11 is 0. The summed E-state index contributed by atoms with van der Waals surface area (Å²) in [7, 11) is 4.11. The molecule has 0 aromatic carbocycles. The SMILES string of the molecule is C#C[C@H](N(C)C)C(C)(C)CCCC. The van der Waals surface area contributed by atoms with Crippen molar-refractivity contribution >= 4 is 0 Å². The fourth-order valence-corrected chi connectivity index (χ4v) is 1.84. The van der Waals surface area contributed by atoms with Crippen molar-refractivity contribution in [2.75, 3.05) is 14.1 Å². The minimum Gasteiger partial charge on any atom is -0.296 e. The highest BCUT2D eigenvalue weighted by Crippen LogP contribution is 2.29. The maximum Gasteiger partial charge on any atom is 0.0758 e. The van der Waals surface area contributed by atoms with Crippen LogP contribution in [0.25, 0.3) is 0 Å². The lowest BCUT2D eigenvalue weighted by Crippen LogP contribution is -2.39. The number of hydrogen-bond acceptors (Lipinski definition) is 1. The second-order valence-corrected chi connectivity index (χ2v) is 4.62. The molecule has 0 radical (unpaired) electrons. The number of nitrogens with zero attached hydrogens (tertiary/aromatic N) is 1. The molecule has 0 fully saturated rings. The first-order chi connectivity index (χ1) is 5.95. The van der Waals surface area contributed by atoms with E-state index in [1.54, 1.807) is 0 Å².